The molecule has 1 N–H and O–H groups in total. The summed E-state index contributed by atoms with van der Waals surface area (Å²) < 4.78 is 6.68. The maximum atomic E-state index is 11.2. The van der Waals surface area contributed by atoms with Crippen LogP contribution in [-0.2, 0) is 0 Å². The van der Waals surface area contributed by atoms with Crippen LogP contribution in [0.25, 0.3) is 0 Å². The Labute approximate surface area is 277 Å². The SMILES string of the molecule is CCC(C)CN1c2ccccc2N=C(c2ccccc2OCC(C)CC(CC)c2ccc(C(C)CC)cc2)C1c1ccccc1O. The number of ether oxygens (including phenoxy) is 1. The fourth-order valence-electron chi connectivity index (χ4n) is 6.65. The first-order valence-electron chi connectivity index (χ1n) is 17.4. The van der Waals surface area contributed by atoms with E-state index >= 15 is 0 Å². The first-order valence-corrected chi connectivity index (χ1v) is 17.4. The number of anilines is 1. The molecule has 5 unspecified atom stereocenters. The number of fused-ring (bicyclic) bond motifs is 1. The Morgan fingerprint density at radius 1 is 0.739 bits per heavy atom. The van der Waals surface area contributed by atoms with Crippen LogP contribution in [-0.4, -0.2) is 24.0 Å². The standard InChI is InChI=1S/C42H52N2O2/c1-7-29(4)27-44-38-19-13-12-18-37(38)43-41(42(44)35-16-10-14-20-39(35)45)36-17-11-15-21-40(36)46-28-30(5)26-32(9-3)34-24-22-33(23-25-34)31(6)8-2/h10-25,29-32,42,45H,7-9,26-28H2,1-6H3. The molecule has 1 aliphatic rings. The van der Waals surface area contributed by atoms with Crippen molar-refractivity contribution in [3.05, 3.63) is 119 Å². The second kappa shape index (κ2) is 15.5. The fourth-order valence-corrected chi connectivity index (χ4v) is 6.65. The van der Waals surface area contributed by atoms with Gasteiger partial charge in [0.15, 0.2) is 0 Å². The smallest absolute Gasteiger partial charge is 0.128 e. The van der Waals surface area contributed by atoms with E-state index in [-0.39, 0.29) is 11.8 Å². The predicted octanol–water partition coefficient (Wildman–Crippen LogP) is 11.2. The van der Waals surface area contributed by atoms with Crippen molar-refractivity contribution in [1.29, 1.82) is 0 Å². The van der Waals surface area contributed by atoms with Gasteiger partial charge >= 0.3 is 0 Å². The maximum absolute atomic E-state index is 11.2. The zero-order chi connectivity index (χ0) is 32.6. The molecular weight excluding hydrogens is 564 g/mol. The lowest BCUT2D eigenvalue weighted by molar-refractivity contribution is 0.243. The van der Waals surface area contributed by atoms with Gasteiger partial charge in [-0.05, 0) is 84.4 Å². The Morgan fingerprint density at radius 2 is 1.41 bits per heavy atom. The minimum atomic E-state index is -0.254. The highest BCUT2D eigenvalue weighted by molar-refractivity contribution is 6.12. The van der Waals surface area contributed by atoms with Crippen LogP contribution in [0.15, 0.2) is 102 Å². The molecule has 5 rings (SSSR count). The van der Waals surface area contributed by atoms with Gasteiger partial charge in [-0.2, -0.15) is 0 Å². The Hall–Kier alpha value is -4.05. The number of para-hydroxylation sites is 4. The van der Waals surface area contributed by atoms with E-state index in [0.717, 1.165) is 66.2 Å². The van der Waals surface area contributed by atoms with Crippen molar-refractivity contribution in [3.8, 4) is 11.5 Å². The second-order valence-corrected chi connectivity index (χ2v) is 13.3. The zero-order valence-corrected chi connectivity index (χ0v) is 28.6. The van der Waals surface area contributed by atoms with E-state index in [1.165, 1.54) is 11.1 Å². The van der Waals surface area contributed by atoms with Crippen LogP contribution in [0, 0.1) is 11.8 Å². The third kappa shape index (κ3) is 7.49. The quantitative estimate of drug-likeness (QED) is 0.153. The summed E-state index contributed by atoms with van der Waals surface area (Å²) in [5.74, 6) is 3.05. The Balaban J connectivity index is 1.43. The van der Waals surface area contributed by atoms with Gasteiger partial charge < -0.3 is 14.7 Å². The molecule has 0 saturated carbocycles. The van der Waals surface area contributed by atoms with Gasteiger partial charge in [-0.15, -0.1) is 0 Å². The van der Waals surface area contributed by atoms with Gasteiger partial charge in [0.05, 0.1) is 23.7 Å². The van der Waals surface area contributed by atoms with Gasteiger partial charge in [-0.3, -0.25) is 0 Å². The van der Waals surface area contributed by atoms with E-state index in [0.29, 0.717) is 30.3 Å². The lowest BCUT2D eigenvalue weighted by Gasteiger charge is -2.40. The molecule has 242 valence electrons. The summed E-state index contributed by atoms with van der Waals surface area (Å²) in [4.78, 5) is 7.73. The molecule has 0 aromatic heterocycles. The second-order valence-electron chi connectivity index (χ2n) is 13.3. The van der Waals surface area contributed by atoms with Gasteiger partial charge in [0, 0.05) is 17.7 Å². The highest BCUT2D eigenvalue weighted by atomic mass is 16.5. The molecule has 0 saturated heterocycles. The molecule has 1 aliphatic heterocycles. The number of hydrogen-bond acceptors (Lipinski definition) is 4. The van der Waals surface area contributed by atoms with Crippen molar-refractivity contribution < 1.29 is 9.84 Å². The molecule has 4 heteroatoms. The lowest BCUT2D eigenvalue weighted by atomic mass is 9.86. The third-order valence-electron chi connectivity index (χ3n) is 9.89. The Bertz CT molecular complexity index is 1590. The molecule has 0 bridgehead atoms. The number of aromatic hydroxyl groups is 1. The van der Waals surface area contributed by atoms with Crippen LogP contribution in [0.1, 0.15) is 107 Å². The van der Waals surface area contributed by atoms with Gasteiger partial charge in [0.1, 0.15) is 17.5 Å². The lowest BCUT2D eigenvalue weighted by Crippen LogP contribution is -2.39. The fraction of sp³-hybridized carbons (Fsp3) is 0.405. The zero-order valence-electron chi connectivity index (χ0n) is 28.6. The number of hydrogen-bond donors (Lipinski definition) is 1. The molecule has 0 spiro atoms. The average molecular weight is 617 g/mol. The van der Waals surface area contributed by atoms with Gasteiger partial charge in [0.2, 0.25) is 0 Å². The van der Waals surface area contributed by atoms with Gasteiger partial charge in [-0.1, -0.05) is 115 Å². The maximum Gasteiger partial charge on any atom is 0.128 e. The molecule has 4 aromatic carbocycles. The van der Waals surface area contributed by atoms with E-state index in [1.54, 1.807) is 6.07 Å². The van der Waals surface area contributed by atoms with Crippen molar-refractivity contribution in [3.63, 3.8) is 0 Å². The monoisotopic (exact) mass is 616 g/mol. The molecule has 46 heavy (non-hydrogen) atoms. The van der Waals surface area contributed by atoms with Crippen LogP contribution in [0.4, 0.5) is 11.4 Å². The highest BCUT2D eigenvalue weighted by Crippen LogP contribution is 2.45. The molecular formula is C42H52N2O2. The summed E-state index contributed by atoms with van der Waals surface area (Å²) in [5.41, 5.74) is 7.61. The molecule has 0 radical (unpaired) electrons. The molecule has 4 nitrogen and oxygen atoms in total. The van der Waals surface area contributed by atoms with Crippen molar-refractivity contribution in [2.24, 2.45) is 16.8 Å². The number of nitrogens with zero attached hydrogens (tertiary/aromatic N) is 2. The molecule has 4 aromatic rings. The summed E-state index contributed by atoms with van der Waals surface area (Å²) >= 11 is 0. The van der Waals surface area contributed by atoms with Gasteiger partial charge in [-0.25, -0.2) is 4.99 Å². The normalized spacial score (nSPS) is 17.0. The van der Waals surface area contributed by atoms with E-state index < -0.39 is 0 Å². The summed E-state index contributed by atoms with van der Waals surface area (Å²) in [6.45, 7) is 15.1. The van der Waals surface area contributed by atoms with E-state index in [9.17, 15) is 5.11 Å². The first kappa shape index (κ1) is 33.3. The van der Waals surface area contributed by atoms with E-state index in [2.05, 4.69) is 107 Å². The topological polar surface area (TPSA) is 45.1 Å². The molecule has 1 heterocycles. The summed E-state index contributed by atoms with van der Waals surface area (Å²) in [7, 11) is 0. The third-order valence-corrected chi connectivity index (χ3v) is 9.89. The van der Waals surface area contributed by atoms with Crippen LogP contribution in [0.2, 0.25) is 0 Å². The van der Waals surface area contributed by atoms with Crippen LogP contribution >= 0.6 is 0 Å². The number of aliphatic imine (C=N–C) groups is 1. The van der Waals surface area contributed by atoms with Crippen molar-refractivity contribution in [2.45, 2.75) is 85.1 Å². The van der Waals surface area contributed by atoms with Crippen LogP contribution in [0.5, 0.6) is 11.5 Å². The van der Waals surface area contributed by atoms with Crippen LogP contribution < -0.4 is 9.64 Å². The summed E-state index contributed by atoms with van der Waals surface area (Å²) in [6.07, 6.45) is 4.40. The predicted molar refractivity (Wildman–Crippen MR) is 194 cm³/mol. The Kier molecular flexibility index (Phi) is 11.2. The van der Waals surface area contributed by atoms with Gasteiger partial charge in [0.25, 0.3) is 0 Å². The average Bonchev–Trinajstić information content (AvgIpc) is 3.09. The summed E-state index contributed by atoms with van der Waals surface area (Å²) in [5, 5.41) is 11.2. The van der Waals surface area contributed by atoms with Crippen molar-refractivity contribution in [2.75, 3.05) is 18.1 Å². The summed E-state index contributed by atoms with van der Waals surface area (Å²) in [6, 6.07) is 33.4. The number of benzene rings is 4. The van der Waals surface area contributed by atoms with Crippen LogP contribution in [0.3, 0.4) is 0 Å². The van der Waals surface area contributed by atoms with Crippen molar-refractivity contribution in [1.82, 2.24) is 0 Å². The Morgan fingerprint density at radius 3 is 2.13 bits per heavy atom. The minimum absolute atomic E-state index is 0.254. The molecule has 5 atom stereocenters. The number of phenols is 1. The number of phenolic OH excluding ortho intramolecular Hbond substituents is 1. The van der Waals surface area contributed by atoms with E-state index in [4.69, 9.17) is 9.73 Å². The van der Waals surface area contributed by atoms with Crippen molar-refractivity contribution >= 4 is 17.1 Å². The largest absolute Gasteiger partial charge is 0.508 e. The highest BCUT2D eigenvalue weighted by Gasteiger charge is 2.35. The first-order chi connectivity index (χ1) is 22.3. The minimum Gasteiger partial charge on any atom is -0.508 e. The molecule has 0 fully saturated rings. The number of rotatable bonds is 14. The molecule has 0 aliphatic carbocycles. The molecule has 0 amide bonds. The van der Waals surface area contributed by atoms with E-state index in [1.807, 2.05) is 30.3 Å².